The highest BCUT2D eigenvalue weighted by atomic mass is 79.9. The molecule has 1 heterocycles. The van der Waals surface area contributed by atoms with E-state index in [-0.39, 0.29) is 11.9 Å². The Morgan fingerprint density at radius 1 is 1.32 bits per heavy atom. The van der Waals surface area contributed by atoms with Gasteiger partial charge in [0.2, 0.25) is 5.91 Å². The third kappa shape index (κ3) is 5.09. The lowest BCUT2D eigenvalue weighted by Gasteiger charge is -2.23. The first-order chi connectivity index (χ1) is 10.6. The lowest BCUT2D eigenvalue weighted by Crippen LogP contribution is -2.33. The number of carbonyl (C=O) groups is 1. The molecule has 0 aliphatic heterocycles. The van der Waals surface area contributed by atoms with Gasteiger partial charge in [0.1, 0.15) is 0 Å². The minimum absolute atomic E-state index is 0.0787. The number of benzene rings is 1. The lowest BCUT2D eigenvalue weighted by atomic mass is 10.1. The molecule has 0 radical (unpaired) electrons. The van der Waals surface area contributed by atoms with Crippen molar-refractivity contribution in [1.29, 1.82) is 0 Å². The fourth-order valence-corrected chi connectivity index (χ4v) is 3.04. The number of likely N-dealkylation sites (N-methyl/N-ethyl adjacent to an activating group) is 1. The van der Waals surface area contributed by atoms with Crippen LogP contribution in [0.25, 0.3) is 6.08 Å². The van der Waals surface area contributed by atoms with Crippen LogP contribution in [0, 0.1) is 0 Å². The number of nitrogens with zero attached hydrogens (tertiary/aromatic N) is 1. The van der Waals surface area contributed by atoms with Crippen LogP contribution in [-0.2, 0) is 4.79 Å². The molecule has 2 aromatic rings. The summed E-state index contributed by atoms with van der Waals surface area (Å²) in [5, 5.41) is 7.14. The van der Waals surface area contributed by atoms with Crippen molar-refractivity contribution in [3.05, 3.63) is 62.8 Å². The van der Waals surface area contributed by atoms with Gasteiger partial charge in [-0.3, -0.25) is 4.79 Å². The van der Waals surface area contributed by atoms with Gasteiger partial charge in [-0.2, -0.15) is 11.3 Å². The number of carbonyl (C=O) groups excluding carboxylic acids is 1. The monoisotopic (exact) mass is 378 g/mol. The van der Waals surface area contributed by atoms with Crippen LogP contribution in [0.1, 0.15) is 17.2 Å². The molecule has 1 unspecified atom stereocenters. The number of hydrogen-bond donors (Lipinski definition) is 1. The van der Waals surface area contributed by atoms with E-state index in [4.69, 9.17) is 0 Å². The fraction of sp³-hybridized carbons (Fsp3) is 0.235. The van der Waals surface area contributed by atoms with Crippen LogP contribution >= 0.6 is 27.3 Å². The highest BCUT2D eigenvalue weighted by molar-refractivity contribution is 9.10. The maximum atomic E-state index is 12.0. The second kappa shape index (κ2) is 8.27. The Hall–Kier alpha value is -1.43. The normalized spacial score (nSPS) is 12.7. The Labute approximate surface area is 143 Å². The van der Waals surface area contributed by atoms with Crippen LogP contribution < -0.4 is 5.32 Å². The van der Waals surface area contributed by atoms with Crippen molar-refractivity contribution in [1.82, 2.24) is 10.2 Å². The van der Waals surface area contributed by atoms with Gasteiger partial charge < -0.3 is 10.2 Å². The number of amides is 1. The molecule has 1 aromatic carbocycles. The van der Waals surface area contributed by atoms with E-state index in [1.807, 2.05) is 44.4 Å². The summed E-state index contributed by atoms with van der Waals surface area (Å²) in [7, 11) is 4.04. The number of halogens is 1. The van der Waals surface area contributed by atoms with E-state index in [0.717, 1.165) is 10.0 Å². The van der Waals surface area contributed by atoms with Gasteiger partial charge in [-0.05, 0) is 60.3 Å². The molecular formula is C17H19BrN2OS. The molecule has 1 atom stereocenters. The Balaban J connectivity index is 1.90. The van der Waals surface area contributed by atoms with Gasteiger partial charge in [0, 0.05) is 17.1 Å². The maximum Gasteiger partial charge on any atom is 0.244 e. The third-order valence-electron chi connectivity index (χ3n) is 3.32. The smallest absolute Gasteiger partial charge is 0.244 e. The Morgan fingerprint density at radius 3 is 2.64 bits per heavy atom. The molecule has 116 valence electrons. The first-order valence-electron chi connectivity index (χ1n) is 6.96. The van der Waals surface area contributed by atoms with E-state index in [2.05, 4.69) is 43.0 Å². The quantitative estimate of drug-likeness (QED) is 0.771. The van der Waals surface area contributed by atoms with Gasteiger partial charge in [-0.1, -0.05) is 28.1 Å². The van der Waals surface area contributed by atoms with Crippen molar-refractivity contribution < 1.29 is 4.79 Å². The van der Waals surface area contributed by atoms with Crippen molar-refractivity contribution >= 4 is 39.2 Å². The van der Waals surface area contributed by atoms with E-state index in [1.54, 1.807) is 17.4 Å². The molecule has 0 saturated carbocycles. The predicted molar refractivity (Wildman–Crippen MR) is 96.9 cm³/mol. The summed E-state index contributed by atoms with van der Waals surface area (Å²) in [5.74, 6) is -0.0787. The summed E-state index contributed by atoms with van der Waals surface area (Å²) in [6.45, 7) is 0.591. The highest BCUT2D eigenvalue weighted by Crippen LogP contribution is 2.19. The number of thiophene rings is 1. The molecular weight excluding hydrogens is 360 g/mol. The van der Waals surface area contributed by atoms with Gasteiger partial charge in [-0.15, -0.1) is 0 Å². The molecule has 0 fully saturated rings. The molecule has 22 heavy (non-hydrogen) atoms. The summed E-state index contributed by atoms with van der Waals surface area (Å²) in [6, 6.07) is 10.1. The van der Waals surface area contributed by atoms with Crippen LogP contribution in [-0.4, -0.2) is 31.4 Å². The van der Waals surface area contributed by atoms with Gasteiger partial charge in [0.15, 0.2) is 0 Å². The van der Waals surface area contributed by atoms with Crippen LogP contribution in [0.4, 0.5) is 0 Å². The highest BCUT2D eigenvalue weighted by Gasteiger charge is 2.14. The average Bonchev–Trinajstić information content (AvgIpc) is 3.00. The molecule has 0 bridgehead atoms. The molecule has 2 rings (SSSR count). The summed E-state index contributed by atoms with van der Waals surface area (Å²) in [4.78, 5) is 14.1. The van der Waals surface area contributed by atoms with E-state index < -0.39 is 0 Å². The topological polar surface area (TPSA) is 32.3 Å². The molecule has 1 aromatic heterocycles. The van der Waals surface area contributed by atoms with Gasteiger partial charge in [-0.25, -0.2) is 0 Å². The van der Waals surface area contributed by atoms with Crippen LogP contribution in [0.3, 0.4) is 0 Å². The first-order valence-corrected chi connectivity index (χ1v) is 8.70. The zero-order valence-corrected chi connectivity index (χ0v) is 15.0. The minimum Gasteiger partial charge on any atom is -0.351 e. The van der Waals surface area contributed by atoms with Crippen molar-refractivity contribution in [2.24, 2.45) is 0 Å². The van der Waals surface area contributed by atoms with Crippen molar-refractivity contribution in [2.45, 2.75) is 6.04 Å². The van der Waals surface area contributed by atoms with Crippen LogP contribution in [0.15, 0.2) is 51.6 Å². The number of hydrogen-bond acceptors (Lipinski definition) is 3. The second-order valence-electron chi connectivity index (χ2n) is 5.17. The van der Waals surface area contributed by atoms with Crippen molar-refractivity contribution in [3.8, 4) is 0 Å². The Kier molecular flexibility index (Phi) is 6.36. The van der Waals surface area contributed by atoms with E-state index in [0.29, 0.717) is 6.54 Å². The zero-order valence-electron chi connectivity index (χ0n) is 12.6. The molecule has 0 aliphatic rings. The maximum absolute atomic E-state index is 12.0. The summed E-state index contributed by atoms with van der Waals surface area (Å²) in [5.41, 5.74) is 2.23. The zero-order chi connectivity index (χ0) is 15.9. The predicted octanol–water partition coefficient (Wildman–Crippen LogP) is 3.94. The second-order valence-corrected chi connectivity index (χ2v) is 6.86. The van der Waals surface area contributed by atoms with E-state index in [1.165, 1.54) is 5.56 Å². The van der Waals surface area contributed by atoms with Gasteiger partial charge in [0.05, 0.1) is 6.04 Å². The fourth-order valence-electron chi connectivity index (χ4n) is 2.07. The van der Waals surface area contributed by atoms with Gasteiger partial charge in [0.25, 0.3) is 0 Å². The van der Waals surface area contributed by atoms with E-state index in [9.17, 15) is 4.79 Å². The summed E-state index contributed by atoms with van der Waals surface area (Å²) in [6.07, 6.45) is 3.39. The molecule has 0 spiro atoms. The summed E-state index contributed by atoms with van der Waals surface area (Å²) < 4.78 is 1.03. The Morgan fingerprint density at radius 2 is 2.05 bits per heavy atom. The minimum atomic E-state index is -0.0787. The standard InChI is InChI=1S/C17H19BrN2OS/c1-20(2)16(14-9-10-22-12-14)11-19-17(21)8-5-13-3-6-15(18)7-4-13/h3-10,12,16H,11H2,1-2H3,(H,19,21)/b8-5+. The SMILES string of the molecule is CN(C)C(CNC(=O)/C=C/c1ccc(Br)cc1)c1ccsc1. The molecule has 1 amide bonds. The van der Waals surface area contributed by atoms with Crippen molar-refractivity contribution in [2.75, 3.05) is 20.6 Å². The number of nitrogens with one attached hydrogen (secondary N) is 1. The summed E-state index contributed by atoms with van der Waals surface area (Å²) >= 11 is 5.06. The molecule has 5 heteroatoms. The van der Waals surface area contributed by atoms with E-state index >= 15 is 0 Å². The molecule has 3 nitrogen and oxygen atoms in total. The largest absolute Gasteiger partial charge is 0.351 e. The number of rotatable bonds is 6. The first kappa shape index (κ1) is 16.9. The average molecular weight is 379 g/mol. The molecule has 0 saturated heterocycles. The van der Waals surface area contributed by atoms with Crippen LogP contribution in [0.5, 0.6) is 0 Å². The third-order valence-corrected chi connectivity index (χ3v) is 4.55. The van der Waals surface area contributed by atoms with Gasteiger partial charge >= 0.3 is 0 Å². The lowest BCUT2D eigenvalue weighted by molar-refractivity contribution is -0.116. The van der Waals surface area contributed by atoms with Crippen molar-refractivity contribution in [3.63, 3.8) is 0 Å². The Bertz CT molecular complexity index is 621. The van der Waals surface area contributed by atoms with Crippen LogP contribution in [0.2, 0.25) is 0 Å². The molecule has 0 aliphatic carbocycles. The molecule has 1 N–H and O–H groups in total.